The first-order chi connectivity index (χ1) is 10.5. The number of aryl methyl sites for hydroxylation is 1. The van der Waals surface area contributed by atoms with Crippen LogP contribution in [0.15, 0.2) is 60.1 Å². The number of para-hydroxylation sites is 1. The van der Waals surface area contributed by atoms with Gasteiger partial charge in [-0.05, 0) is 30.7 Å². The topological polar surface area (TPSA) is 77.7 Å². The standard InChI is InChI=1S/C15H14N4O2S/c1-12-9-16-15(17-10-12)22(20,21)11-13-7-8-19(18-13)14-5-3-2-4-6-14/h2-10H,11H2,1H3. The third-order valence-electron chi connectivity index (χ3n) is 3.04. The molecule has 0 spiro atoms. The van der Waals surface area contributed by atoms with Gasteiger partial charge in [0, 0.05) is 18.6 Å². The minimum atomic E-state index is -3.60. The maximum absolute atomic E-state index is 12.3. The van der Waals surface area contributed by atoms with Crippen LogP contribution in [0.3, 0.4) is 0 Å². The van der Waals surface area contributed by atoms with Crippen molar-refractivity contribution < 1.29 is 8.42 Å². The highest BCUT2D eigenvalue weighted by molar-refractivity contribution is 7.90. The van der Waals surface area contributed by atoms with Gasteiger partial charge in [0.1, 0.15) is 5.75 Å². The van der Waals surface area contributed by atoms with Crippen LogP contribution in [0, 0.1) is 6.92 Å². The van der Waals surface area contributed by atoms with Crippen LogP contribution in [0.4, 0.5) is 0 Å². The Morgan fingerprint density at radius 2 is 1.73 bits per heavy atom. The van der Waals surface area contributed by atoms with Gasteiger partial charge in [-0.25, -0.2) is 23.1 Å². The molecule has 22 heavy (non-hydrogen) atoms. The molecule has 0 amide bonds. The summed E-state index contributed by atoms with van der Waals surface area (Å²) in [7, 11) is -3.60. The van der Waals surface area contributed by atoms with Crippen molar-refractivity contribution >= 4 is 9.84 Å². The van der Waals surface area contributed by atoms with Gasteiger partial charge in [0.05, 0.1) is 11.4 Å². The molecule has 7 heteroatoms. The van der Waals surface area contributed by atoms with E-state index in [1.165, 1.54) is 12.4 Å². The maximum atomic E-state index is 12.3. The summed E-state index contributed by atoms with van der Waals surface area (Å²) in [5.41, 5.74) is 2.14. The van der Waals surface area contributed by atoms with Crippen molar-refractivity contribution in [3.63, 3.8) is 0 Å². The van der Waals surface area contributed by atoms with Crippen LogP contribution in [-0.4, -0.2) is 28.2 Å². The summed E-state index contributed by atoms with van der Waals surface area (Å²) in [6.45, 7) is 1.80. The Hall–Kier alpha value is -2.54. The second-order valence-corrected chi connectivity index (χ2v) is 6.77. The normalized spacial score (nSPS) is 11.5. The summed E-state index contributed by atoms with van der Waals surface area (Å²) in [5, 5.41) is 4.12. The summed E-state index contributed by atoms with van der Waals surface area (Å²) < 4.78 is 26.2. The van der Waals surface area contributed by atoms with Crippen molar-refractivity contribution in [1.82, 2.24) is 19.7 Å². The molecule has 0 bridgehead atoms. The first kappa shape index (κ1) is 14.4. The van der Waals surface area contributed by atoms with E-state index in [0.717, 1.165) is 11.3 Å². The summed E-state index contributed by atoms with van der Waals surface area (Å²) in [6.07, 6.45) is 4.71. The van der Waals surface area contributed by atoms with E-state index in [4.69, 9.17) is 0 Å². The molecule has 6 nitrogen and oxygen atoms in total. The Morgan fingerprint density at radius 1 is 1.05 bits per heavy atom. The Balaban J connectivity index is 1.84. The number of benzene rings is 1. The molecule has 0 aliphatic rings. The molecule has 0 unspecified atom stereocenters. The van der Waals surface area contributed by atoms with E-state index in [9.17, 15) is 8.42 Å². The molecule has 0 saturated carbocycles. The SMILES string of the molecule is Cc1cnc(S(=O)(=O)Cc2ccn(-c3ccccc3)n2)nc1. The van der Waals surface area contributed by atoms with Crippen molar-refractivity contribution in [2.45, 2.75) is 17.8 Å². The van der Waals surface area contributed by atoms with E-state index in [-0.39, 0.29) is 10.9 Å². The number of nitrogens with zero attached hydrogens (tertiary/aromatic N) is 4. The van der Waals surface area contributed by atoms with Crippen molar-refractivity contribution in [3.8, 4) is 5.69 Å². The summed E-state index contributed by atoms with van der Waals surface area (Å²) >= 11 is 0. The molecule has 0 fully saturated rings. The molecule has 1 aromatic carbocycles. The fourth-order valence-corrected chi connectivity index (χ4v) is 3.06. The highest BCUT2D eigenvalue weighted by atomic mass is 32.2. The molecule has 112 valence electrons. The first-order valence-electron chi connectivity index (χ1n) is 6.66. The van der Waals surface area contributed by atoms with Crippen molar-refractivity contribution in [2.24, 2.45) is 0 Å². The zero-order valence-electron chi connectivity index (χ0n) is 11.9. The lowest BCUT2D eigenvalue weighted by Crippen LogP contribution is -2.10. The first-order valence-corrected chi connectivity index (χ1v) is 8.31. The lowest BCUT2D eigenvalue weighted by Gasteiger charge is -2.02. The van der Waals surface area contributed by atoms with Gasteiger partial charge in [0.15, 0.2) is 0 Å². The fourth-order valence-electron chi connectivity index (χ4n) is 1.96. The van der Waals surface area contributed by atoms with Crippen LogP contribution >= 0.6 is 0 Å². The van der Waals surface area contributed by atoms with Gasteiger partial charge in [0.2, 0.25) is 15.0 Å². The second-order valence-electron chi connectivity index (χ2n) is 4.89. The lowest BCUT2D eigenvalue weighted by molar-refractivity contribution is 0.585. The molecule has 0 radical (unpaired) electrons. The average Bonchev–Trinajstić information content (AvgIpc) is 2.96. The zero-order valence-corrected chi connectivity index (χ0v) is 12.7. The molecule has 3 aromatic rings. The second kappa shape index (κ2) is 5.69. The third-order valence-corrected chi connectivity index (χ3v) is 4.48. The Bertz CT molecular complexity index is 871. The highest BCUT2D eigenvalue weighted by Crippen LogP contribution is 2.13. The molecule has 3 rings (SSSR count). The summed E-state index contributed by atoms with van der Waals surface area (Å²) in [4.78, 5) is 7.75. The predicted molar refractivity (Wildman–Crippen MR) is 81.2 cm³/mol. The lowest BCUT2D eigenvalue weighted by atomic mass is 10.3. The predicted octanol–water partition coefficient (Wildman–Crippen LogP) is 1.94. The molecular formula is C15H14N4O2S. The minimum Gasteiger partial charge on any atom is -0.241 e. The Morgan fingerprint density at radius 3 is 2.41 bits per heavy atom. The number of rotatable bonds is 4. The summed E-state index contributed by atoms with van der Waals surface area (Å²) in [6, 6.07) is 11.2. The average molecular weight is 314 g/mol. The molecule has 2 heterocycles. The quantitative estimate of drug-likeness (QED) is 0.688. The number of hydrogen-bond donors (Lipinski definition) is 0. The number of hydrogen-bond acceptors (Lipinski definition) is 5. The molecule has 0 atom stereocenters. The monoisotopic (exact) mass is 314 g/mol. The maximum Gasteiger partial charge on any atom is 0.247 e. The van der Waals surface area contributed by atoms with E-state index in [1.807, 2.05) is 30.3 Å². The zero-order chi connectivity index (χ0) is 15.6. The Labute approximate surface area is 128 Å². The fraction of sp³-hybridized carbons (Fsp3) is 0.133. The molecule has 0 N–H and O–H groups in total. The van der Waals surface area contributed by atoms with Gasteiger partial charge in [-0.3, -0.25) is 0 Å². The molecule has 0 aliphatic heterocycles. The molecule has 0 aliphatic carbocycles. The molecule has 2 aromatic heterocycles. The van der Waals surface area contributed by atoms with Gasteiger partial charge >= 0.3 is 0 Å². The number of sulfone groups is 1. The van der Waals surface area contributed by atoms with Gasteiger partial charge in [-0.1, -0.05) is 18.2 Å². The number of aromatic nitrogens is 4. The van der Waals surface area contributed by atoms with E-state index in [1.54, 1.807) is 23.9 Å². The minimum absolute atomic E-state index is 0.174. The Kier molecular flexibility index (Phi) is 3.72. The van der Waals surface area contributed by atoms with Crippen LogP contribution in [0.1, 0.15) is 11.3 Å². The van der Waals surface area contributed by atoms with Gasteiger partial charge < -0.3 is 0 Å². The summed E-state index contributed by atoms with van der Waals surface area (Å²) in [5.74, 6) is -0.226. The third kappa shape index (κ3) is 3.04. The van der Waals surface area contributed by atoms with Gasteiger partial charge in [-0.15, -0.1) is 0 Å². The van der Waals surface area contributed by atoms with Crippen LogP contribution in [0.2, 0.25) is 0 Å². The van der Waals surface area contributed by atoms with Crippen molar-refractivity contribution in [2.75, 3.05) is 0 Å². The molecular weight excluding hydrogens is 300 g/mol. The van der Waals surface area contributed by atoms with E-state index < -0.39 is 9.84 Å². The van der Waals surface area contributed by atoms with Crippen LogP contribution < -0.4 is 0 Å². The van der Waals surface area contributed by atoms with E-state index in [0.29, 0.717) is 5.69 Å². The highest BCUT2D eigenvalue weighted by Gasteiger charge is 2.20. The largest absolute Gasteiger partial charge is 0.247 e. The van der Waals surface area contributed by atoms with Crippen molar-refractivity contribution in [1.29, 1.82) is 0 Å². The smallest absolute Gasteiger partial charge is 0.241 e. The van der Waals surface area contributed by atoms with E-state index >= 15 is 0 Å². The van der Waals surface area contributed by atoms with Gasteiger partial charge in [0.25, 0.3) is 0 Å². The van der Waals surface area contributed by atoms with Gasteiger partial charge in [-0.2, -0.15) is 5.10 Å². The van der Waals surface area contributed by atoms with Crippen LogP contribution in [0.25, 0.3) is 5.69 Å². The van der Waals surface area contributed by atoms with Crippen LogP contribution in [-0.2, 0) is 15.6 Å². The molecule has 0 saturated heterocycles. The van der Waals surface area contributed by atoms with Crippen molar-refractivity contribution in [3.05, 3.63) is 66.2 Å². The van der Waals surface area contributed by atoms with Crippen LogP contribution in [0.5, 0.6) is 0 Å². The van der Waals surface area contributed by atoms with E-state index in [2.05, 4.69) is 15.1 Å².